The van der Waals surface area contributed by atoms with Crippen LogP contribution in [0.2, 0.25) is 5.02 Å². The molecule has 39 heavy (non-hydrogen) atoms. The maximum Gasteiger partial charge on any atom is 0.273 e. The zero-order chi connectivity index (χ0) is 26.6. The third-order valence-electron chi connectivity index (χ3n) is 6.77. The van der Waals surface area contributed by atoms with E-state index < -0.39 is 0 Å². The van der Waals surface area contributed by atoms with Crippen molar-refractivity contribution in [2.45, 2.75) is 6.54 Å². The molecule has 196 valence electrons. The Hall–Kier alpha value is -4.47. The van der Waals surface area contributed by atoms with Crippen LogP contribution >= 0.6 is 11.6 Å². The molecule has 1 aliphatic heterocycles. The molecule has 0 aliphatic carbocycles. The van der Waals surface area contributed by atoms with E-state index in [4.69, 9.17) is 11.6 Å². The number of anilines is 3. The largest absolute Gasteiger partial charge is 0.369 e. The normalized spacial score (nSPS) is 13.9. The highest BCUT2D eigenvalue weighted by Gasteiger charge is 2.18. The molecular formula is C29H27ClN8O. The van der Waals surface area contributed by atoms with Gasteiger partial charge in [0.15, 0.2) is 11.5 Å². The molecule has 0 atom stereocenters. The number of piperazine rings is 1. The van der Waals surface area contributed by atoms with Gasteiger partial charge >= 0.3 is 0 Å². The minimum Gasteiger partial charge on any atom is -0.369 e. The molecule has 0 saturated carbocycles. The van der Waals surface area contributed by atoms with Crippen LogP contribution in [-0.4, -0.2) is 56.0 Å². The van der Waals surface area contributed by atoms with Crippen molar-refractivity contribution in [1.82, 2.24) is 29.9 Å². The SMILES string of the molecule is O=c1cc(Nc2ccc(N3CCN(Cc4ccccc4)CC3)cc2)c(-c2ncn[nH]2)nn1-c1ccc(Cl)cc1. The molecular weight excluding hydrogens is 512 g/mol. The maximum atomic E-state index is 13.0. The molecule has 3 aromatic carbocycles. The number of nitrogens with one attached hydrogen (secondary N) is 2. The van der Waals surface area contributed by atoms with Gasteiger partial charge in [-0.3, -0.25) is 14.8 Å². The number of hydrogen-bond donors (Lipinski definition) is 2. The van der Waals surface area contributed by atoms with Crippen molar-refractivity contribution < 1.29 is 0 Å². The number of aromatic nitrogens is 5. The van der Waals surface area contributed by atoms with Gasteiger partial charge in [-0.25, -0.2) is 4.98 Å². The van der Waals surface area contributed by atoms with Gasteiger partial charge in [-0.1, -0.05) is 41.9 Å². The summed E-state index contributed by atoms with van der Waals surface area (Å²) in [5, 5.41) is 15.3. The minimum absolute atomic E-state index is 0.284. The second kappa shape index (κ2) is 11.1. The van der Waals surface area contributed by atoms with Gasteiger partial charge in [0.1, 0.15) is 6.33 Å². The number of rotatable bonds is 7. The van der Waals surface area contributed by atoms with Gasteiger partial charge in [-0.15, -0.1) is 0 Å². The third-order valence-corrected chi connectivity index (χ3v) is 7.03. The first-order valence-corrected chi connectivity index (χ1v) is 13.1. The van der Waals surface area contributed by atoms with Crippen LogP contribution in [0.15, 0.2) is 96.1 Å². The van der Waals surface area contributed by atoms with Gasteiger partial charge in [0.25, 0.3) is 5.56 Å². The predicted octanol–water partition coefficient (Wildman–Crippen LogP) is 4.74. The zero-order valence-electron chi connectivity index (χ0n) is 21.2. The van der Waals surface area contributed by atoms with E-state index in [9.17, 15) is 4.79 Å². The second-order valence-corrected chi connectivity index (χ2v) is 9.82. The van der Waals surface area contributed by atoms with Crippen LogP contribution in [-0.2, 0) is 6.54 Å². The van der Waals surface area contributed by atoms with E-state index in [-0.39, 0.29) is 5.56 Å². The molecule has 0 bridgehead atoms. The number of benzene rings is 3. The van der Waals surface area contributed by atoms with Gasteiger partial charge < -0.3 is 10.2 Å². The molecule has 1 fully saturated rings. The molecule has 0 radical (unpaired) electrons. The lowest BCUT2D eigenvalue weighted by Gasteiger charge is -2.36. The lowest BCUT2D eigenvalue weighted by atomic mass is 10.2. The summed E-state index contributed by atoms with van der Waals surface area (Å²) < 4.78 is 1.32. The molecule has 10 heteroatoms. The first-order chi connectivity index (χ1) is 19.1. The summed E-state index contributed by atoms with van der Waals surface area (Å²) in [4.78, 5) is 22.2. The molecule has 0 amide bonds. The average Bonchev–Trinajstić information content (AvgIpc) is 3.50. The quantitative estimate of drug-likeness (QED) is 0.309. The fourth-order valence-corrected chi connectivity index (χ4v) is 4.86. The molecule has 3 heterocycles. The molecule has 5 aromatic rings. The van der Waals surface area contributed by atoms with Crippen molar-refractivity contribution in [3.63, 3.8) is 0 Å². The topological polar surface area (TPSA) is 95.0 Å². The third kappa shape index (κ3) is 5.69. The van der Waals surface area contributed by atoms with Crippen LogP contribution in [0, 0.1) is 0 Å². The lowest BCUT2D eigenvalue weighted by Crippen LogP contribution is -2.45. The Morgan fingerprint density at radius 2 is 1.59 bits per heavy atom. The zero-order valence-corrected chi connectivity index (χ0v) is 21.9. The Morgan fingerprint density at radius 3 is 2.28 bits per heavy atom. The lowest BCUT2D eigenvalue weighted by molar-refractivity contribution is 0.250. The number of hydrogen-bond acceptors (Lipinski definition) is 7. The summed E-state index contributed by atoms with van der Waals surface area (Å²) in [6, 6.07) is 27.3. The van der Waals surface area contributed by atoms with Gasteiger partial charge in [-0.2, -0.15) is 14.9 Å². The standard InChI is InChI=1S/C29H27ClN8O/c30-22-6-10-25(11-7-22)38-27(39)18-26(28(35-38)29-31-20-32-34-29)33-23-8-12-24(13-9-23)37-16-14-36(15-17-37)19-21-4-2-1-3-5-21/h1-13,18,20,33H,14-17,19H2,(H,31,32,34). The van der Waals surface area contributed by atoms with Gasteiger partial charge in [0.05, 0.1) is 11.4 Å². The van der Waals surface area contributed by atoms with E-state index in [1.54, 1.807) is 24.3 Å². The monoisotopic (exact) mass is 538 g/mol. The molecule has 0 spiro atoms. The molecule has 1 aliphatic rings. The number of nitrogens with zero attached hydrogens (tertiary/aromatic N) is 6. The first kappa shape index (κ1) is 24.8. The van der Waals surface area contributed by atoms with E-state index in [1.807, 2.05) is 12.1 Å². The van der Waals surface area contributed by atoms with Crippen molar-refractivity contribution in [3.05, 3.63) is 112 Å². The average molecular weight is 539 g/mol. The minimum atomic E-state index is -0.284. The Kier molecular flexibility index (Phi) is 7.07. The van der Waals surface area contributed by atoms with E-state index in [1.165, 1.54) is 28.3 Å². The van der Waals surface area contributed by atoms with Crippen LogP contribution in [0.25, 0.3) is 17.2 Å². The molecule has 0 unspecified atom stereocenters. The summed E-state index contributed by atoms with van der Waals surface area (Å²) in [6.45, 7) is 4.97. The Morgan fingerprint density at radius 1 is 0.872 bits per heavy atom. The summed E-state index contributed by atoms with van der Waals surface area (Å²) in [5.41, 5.74) is 4.68. The highest BCUT2D eigenvalue weighted by molar-refractivity contribution is 6.30. The Balaban J connectivity index is 1.18. The number of halogens is 1. The summed E-state index contributed by atoms with van der Waals surface area (Å²) in [5.74, 6) is 0.449. The van der Waals surface area contributed by atoms with Crippen LogP contribution in [0.3, 0.4) is 0 Å². The first-order valence-electron chi connectivity index (χ1n) is 12.8. The van der Waals surface area contributed by atoms with Crippen molar-refractivity contribution >= 4 is 28.7 Å². The van der Waals surface area contributed by atoms with Crippen LogP contribution in [0.4, 0.5) is 17.1 Å². The fourth-order valence-electron chi connectivity index (χ4n) is 4.73. The maximum absolute atomic E-state index is 13.0. The van der Waals surface area contributed by atoms with Crippen LogP contribution in [0.5, 0.6) is 0 Å². The van der Waals surface area contributed by atoms with Crippen molar-refractivity contribution in [2.75, 3.05) is 36.4 Å². The second-order valence-electron chi connectivity index (χ2n) is 9.39. The van der Waals surface area contributed by atoms with Crippen molar-refractivity contribution in [1.29, 1.82) is 0 Å². The smallest absolute Gasteiger partial charge is 0.273 e. The van der Waals surface area contributed by atoms with E-state index >= 15 is 0 Å². The molecule has 6 rings (SSSR count). The predicted molar refractivity (Wildman–Crippen MR) is 154 cm³/mol. The van der Waals surface area contributed by atoms with Crippen LogP contribution in [0.1, 0.15) is 5.56 Å². The van der Waals surface area contributed by atoms with E-state index in [0.29, 0.717) is 27.9 Å². The summed E-state index contributed by atoms with van der Waals surface area (Å²) in [6.07, 6.45) is 1.41. The van der Waals surface area contributed by atoms with E-state index in [0.717, 1.165) is 38.4 Å². The van der Waals surface area contributed by atoms with E-state index in [2.05, 4.69) is 77.9 Å². The van der Waals surface area contributed by atoms with Crippen LogP contribution < -0.4 is 15.8 Å². The molecule has 2 N–H and O–H groups in total. The highest BCUT2D eigenvalue weighted by atomic mass is 35.5. The summed E-state index contributed by atoms with van der Waals surface area (Å²) >= 11 is 6.02. The van der Waals surface area contributed by atoms with Gasteiger partial charge in [0.2, 0.25) is 0 Å². The highest BCUT2D eigenvalue weighted by Crippen LogP contribution is 2.27. The number of aromatic amines is 1. The summed E-state index contributed by atoms with van der Waals surface area (Å²) in [7, 11) is 0. The molecule has 1 saturated heterocycles. The van der Waals surface area contributed by atoms with Crippen molar-refractivity contribution in [2.24, 2.45) is 0 Å². The Labute approximate surface area is 230 Å². The fraction of sp³-hybridized carbons (Fsp3) is 0.172. The Bertz CT molecular complexity index is 1580. The van der Waals surface area contributed by atoms with Gasteiger partial charge in [0, 0.05) is 55.2 Å². The number of H-pyrrole nitrogens is 1. The molecule has 9 nitrogen and oxygen atoms in total. The molecule has 2 aromatic heterocycles. The van der Waals surface area contributed by atoms with Gasteiger partial charge in [-0.05, 0) is 54.1 Å². The van der Waals surface area contributed by atoms with Crippen molar-refractivity contribution in [3.8, 4) is 17.2 Å².